The van der Waals surface area contributed by atoms with Gasteiger partial charge in [0.1, 0.15) is 0 Å². The SMILES string of the molecule is Cc1c(NC(=O)C2CCCN(Cc3ccccc3)C2)cccc1C(=O)N1CCCC1. The van der Waals surface area contributed by atoms with Crippen molar-refractivity contribution in [3.05, 3.63) is 65.2 Å². The summed E-state index contributed by atoms with van der Waals surface area (Å²) in [5.41, 5.74) is 3.59. The lowest BCUT2D eigenvalue weighted by Crippen LogP contribution is -2.40. The highest BCUT2D eigenvalue weighted by molar-refractivity contribution is 6.00. The number of likely N-dealkylation sites (tertiary alicyclic amines) is 2. The maximum Gasteiger partial charge on any atom is 0.254 e. The molecule has 0 radical (unpaired) electrons. The normalized spacial score (nSPS) is 19.6. The van der Waals surface area contributed by atoms with Crippen molar-refractivity contribution in [1.29, 1.82) is 0 Å². The fraction of sp³-hybridized carbons (Fsp3) is 0.440. The van der Waals surface area contributed by atoms with Crippen molar-refractivity contribution in [3.8, 4) is 0 Å². The molecule has 0 saturated carbocycles. The Labute approximate surface area is 179 Å². The van der Waals surface area contributed by atoms with Crippen LogP contribution in [0.4, 0.5) is 5.69 Å². The van der Waals surface area contributed by atoms with E-state index in [9.17, 15) is 9.59 Å². The first kappa shape index (κ1) is 20.6. The maximum atomic E-state index is 13.0. The van der Waals surface area contributed by atoms with Gasteiger partial charge in [0, 0.05) is 37.4 Å². The average molecular weight is 406 g/mol. The lowest BCUT2D eigenvalue weighted by molar-refractivity contribution is -0.121. The first-order valence-electron chi connectivity index (χ1n) is 11.1. The van der Waals surface area contributed by atoms with Crippen molar-refractivity contribution in [1.82, 2.24) is 9.80 Å². The first-order valence-corrected chi connectivity index (χ1v) is 11.1. The first-order chi connectivity index (χ1) is 14.6. The summed E-state index contributed by atoms with van der Waals surface area (Å²) in [5.74, 6) is 0.106. The molecule has 2 saturated heterocycles. The van der Waals surface area contributed by atoms with Crippen molar-refractivity contribution in [2.24, 2.45) is 5.92 Å². The molecule has 2 aromatic rings. The van der Waals surface area contributed by atoms with E-state index in [2.05, 4.69) is 34.5 Å². The van der Waals surface area contributed by atoms with Crippen LogP contribution < -0.4 is 5.32 Å². The molecule has 1 unspecified atom stereocenters. The van der Waals surface area contributed by atoms with Crippen LogP contribution >= 0.6 is 0 Å². The molecule has 1 N–H and O–H groups in total. The summed E-state index contributed by atoms with van der Waals surface area (Å²) in [4.78, 5) is 30.1. The van der Waals surface area contributed by atoms with Crippen LogP contribution in [0.25, 0.3) is 0 Å². The minimum absolute atomic E-state index is 0.0280. The second-order valence-corrected chi connectivity index (χ2v) is 8.53. The highest BCUT2D eigenvalue weighted by Crippen LogP contribution is 2.25. The Hall–Kier alpha value is -2.66. The molecule has 0 bridgehead atoms. The molecule has 1 atom stereocenters. The van der Waals surface area contributed by atoms with Gasteiger partial charge in [0.15, 0.2) is 0 Å². The Balaban J connectivity index is 1.40. The number of amides is 2. The van der Waals surface area contributed by atoms with E-state index in [1.807, 2.05) is 36.1 Å². The summed E-state index contributed by atoms with van der Waals surface area (Å²) in [5, 5.41) is 3.11. The molecular weight excluding hydrogens is 374 g/mol. The molecule has 2 aromatic carbocycles. The number of benzene rings is 2. The van der Waals surface area contributed by atoms with Crippen molar-refractivity contribution in [3.63, 3.8) is 0 Å². The van der Waals surface area contributed by atoms with Gasteiger partial charge in [0.05, 0.1) is 5.92 Å². The quantitative estimate of drug-likeness (QED) is 0.815. The van der Waals surface area contributed by atoms with Crippen LogP contribution in [0.15, 0.2) is 48.5 Å². The molecule has 2 aliphatic heterocycles. The summed E-state index contributed by atoms with van der Waals surface area (Å²) < 4.78 is 0. The number of hydrogen-bond donors (Lipinski definition) is 1. The molecular formula is C25H31N3O2. The highest BCUT2D eigenvalue weighted by atomic mass is 16.2. The Kier molecular flexibility index (Phi) is 6.48. The maximum absolute atomic E-state index is 13.0. The van der Waals surface area contributed by atoms with Crippen LogP contribution in [0.3, 0.4) is 0 Å². The van der Waals surface area contributed by atoms with E-state index in [0.717, 1.165) is 69.7 Å². The predicted molar refractivity (Wildman–Crippen MR) is 119 cm³/mol. The number of hydrogen-bond acceptors (Lipinski definition) is 3. The van der Waals surface area contributed by atoms with Gasteiger partial charge < -0.3 is 10.2 Å². The summed E-state index contributed by atoms with van der Waals surface area (Å²) in [6.45, 7) is 6.26. The molecule has 2 heterocycles. The predicted octanol–water partition coefficient (Wildman–Crippen LogP) is 4.08. The summed E-state index contributed by atoms with van der Waals surface area (Å²) in [6.07, 6.45) is 4.07. The minimum Gasteiger partial charge on any atom is -0.339 e. The molecule has 0 aliphatic carbocycles. The third-order valence-electron chi connectivity index (χ3n) is 6.34. The molecule has 0 spiro atoms. The van der Waals surface area contributed by atoms with Crippen LogP contribution in [-0.2, 0) is 11.3 Å². The van der Waals surface area contributed by atoms with Crippen molar-refractivity contribution >= 4 is 17.5 Å². The third-order valence-corrected chi connectivity index (χ3v) is 6.34. The molecule has 0 aromatic heterocycles. The largest absolute Gasteiger partial charge is 0.339 e. The van der Waals surface area contributed by atoms with Crippen LogP contribution in [0.5, 0.6) is 0 Å². The van der Waals surface area contributed by atoms with Crippen molar-refractivity contribution < 1.29 is 9.59 Å². The van der Waals surface area contributed by atoms with Crippen molar-refractivity contribution in [2.75, 3.05) is 31.5 Å². The zero-order valence-corrected chi connectivity index (χ0v) is 17.8. The topological polar surface area (TPSA) is 52.7 Å². The molecule has 5 nitrogen and oxygen atoms in total. The number of piperidine rings is 1. The van der Waals surface area contributed by atoms with E-state index in [1.54, 1.807) is 0 Å². The van der Waals surface area contributed by atoms with Crippen LogP contribution in [0, 0.1) is 12.8 Å². The Morgan fingerprint density at radius 2 is 1.73 bits per heavy atom. The number of carbonyl (C=O) groups excluding carboxylic acids is 2. The minimum atomic E-state index is -0.0280. The molecule has 2 fully saturated rings. The molecule has 5 heteroatoms. The number of nitrogens with one attached hydrogen (secondary N) is 1. The van der Waals surface area contributed by atoms with E-state index in [4.69, 9.17) is 0 Å². The van der Waals surface area contributed by atoms with Gasteiger partial charge in [-0.1, -0.05) is 36.4 Å². The van der Waals surface area contributed by atoms with Gasteiger partial charge in [-0.05, 0) is 62.4 Å². The number of anilines is 1. The number of nitrogens with zero attached hydrogens (tertiary/aromatic N) is 2. The van der Waals surface area contributed by atoms with Gasteiger partial charge in [-0.2, -0.15) is 0 Å². The van der Waals surface area contributed by atoms with E-state index in [1.165, 1.54) is 5.56 Å². The third kappa shape index (κ3) is 4.73. The van der Waals surface area contributed by atoms with Gasteiger partial charge >= 0.3 is 0 Å². The molecule has 158 valence electrons. The Morgan fingerprint density at radius 3 is 2.50 bits per heavy atom. The lowest BCUT2D eigenvalue weighted by atomic mass is 9.96. The number of rotatable bonds is 5. The standard InChI is InChI=1S/C25H31N3O2/c1-19-22(25(30)28-15-5-6-16-28)12-7-13-23(19)26-24(29)21-11-8-14-27(18-21)17-20-9-3-2-4-10-20/h2-4,7,9-10,12-13,21H,5-6,8,11,14-18H2,1H3,(H,26,29). The van der Waals surface area contributed by atoms with E-state index in [-0.39, 0.29) is 17.7 Å². The van der Waals surface area contributed by atoms with Gasteiger partial charge in [0.2, 0.25) is 5.91 Å². The summed E-state index contributed by atoms with van der Waals surface area (Å²) in [7, 11) is 0. The van der Waals surface area contributed by atoms with Crippen molar-refractivity contribution in [2.45, 2.75) is 39.2 Å². The van der Waals surface area contributed by atoms with Crippen LogP contribution in [0.2, 0.25) is 0 Å². The molecule has 30 heavy (non-hydrogen) atoms. The molecule has 2 amide bonds. The zero-order chi connectivity index (χ0) is 20.9. The average Bonchev–Trinajstić information content (AvgIpc) is 3.31. The zero-order valence-electron chi connectivity index (χ0n) is 17.8. The highest BCUT2D eigenvalue weighted by Gasteiger charge is 2.27. The monoisotopic (exact) mass is 405 g/mol. The Bertz CT molecular complexity index is 891. The summed E-state index contributed by atoms with van der Waals surface area (Å²) in [6, 6.07) is 16.1. The lowest BCUT2D eigenvalue weighted by Gasteiger charge is -2.32. The van der Waals surface area contributed by atoms with Gasteiger partial charge in [0.25, 0.3) is 5.91 Å². The fourth-order valence-electron chi connectivity index (χ4n) is 4.58. The molecule has 2 aliphatic rings. The van der Waals surface area contributed by atoms with E-state index in [0.29, 0.717) is 5.56 Å². The Morgan fingerprint density at radius 1 is 0.967 bits per heavy atom. The second kappa shape index (κ2) is 9.43. The van der Waals surface area contributed by atoms with E-state index < -0.39 is 0 Å². The summed E-state index contributed by atoms with van der Waals surface area (Å²) >= 11 is 0. The van der Waals surface area contributed by atoms with E-state index >= 15 is 0 Å². The van der Waals surface area contributed by atoms with Gasteiger partial charge in [-0.25, -0.2) is 0 Å². The molecule has 4 rings (SSSR count). The fourth-order valence-corrected chi connectivity index (χ4v) is 4.58. The van der Waals surface area contributed by atoms with Gasteiger partial charge in [-0.3, -0.25) is 14.5 Å². The van der Waals surface area contributed by atoms with Crippen LogP contribution in [0.1, 0.15) is 47.2 Å². The second-order valence-electron chi connectivity index (χ2n) is 8.53. The van der Waals surface area contributed by atoms with Gasteiger partial charge in [-0.15, -0.1) is 0 Å². The van der Waals surface area contributed by atoms with Crippen LogP contribution in [-0.4, -0.2) is 47.8 Å². The number of carbonyl (C=O) groups is 2. The smallest absolute Gasteiger partial charge is 0.254 e.